The molecule has 0 aliphatic carbocycles. The molecule has 0 unspecified atom stereocenters. The van der Waals surface area contributed by atoms with Crippen molar-refractivity contribution in [3.63, 3.8) is 0 Å². The van der Waals surface area contributed by atoms with Crippen molar-refractivity contribution >= 4 is 17.0 Å². The highest BCUT2D eigenvalue weighted by Crippen LogP contribution is 2.22. The van der Waals surface area contributed by atoms with Crippen LogP contribution in [-0.4, -0.2) is 41.3 Å². The largest absolute Gasteiger partial charge is 0.378 e. The van der Waals surface area contributed by atoms with Crippen molar-refractivity contribution in [2.24, 2.45) is 0 Å². The number of hydrogen-bond acceptors (Lipinski definition) is 4. The lowest BCUT2D eigenvalue weighted by atomic mass is 10.2. The second-order valence-corrected chi connectivity index (χ2v) is 5.09. The Morgan fingerprint density at radius 2 is 1.76 bits per heavy atom. The van der Waals surface area contributed by atoms with E-state index in [0.717, 1.165) is 54.7 Å². The van der Waals surface area contributed by atoms with Gasteiger partial charge in [-0.05, 0) is 12.1 Å². The van der Waals surface area contributed by atoms with E-state index in [0.29, 0.717) is 0 Å². The van der Waals surface area contributed by atoms with E-state index in [-0.39, 0.29) is 0 Å². The monoisotopic (exact) mass is 280 g/mol. The smallest absolute Gasteiger partial charge is 0.180 e. The van der Waals surface area contributed by atoms with Gasteiger partial charge in [0.05, 0.1) is 18.7 Å². The molecular formula is C16H16N4O. The van der Waals surface area contributed by atoms with E-state index in [2.05, 4.69) is 19.9 Å². The van der Waals surface area contributed by atoms with Crippen molar-refractivity contribution in [3.05, 3.63) is 42.5 Å². The van der Waals surface area contributed by atoms with Gasteiger partial charge in [-0.15, -0.1) is 0 Å². The van der Waals surface area contributed by atoms with Crippen LogP contribution in [0, 0.1) is 0 Å². The van der Waals surface area contributed by atoms with E-state index >= 15 is 0 Å². The predicted octanol–water partition coefficient (Wildman–Crippen LogP) is 2.46. The van der Waals surface area contributed by atoms with Gasteiger partial charge in [-0.3, -0.25) is 0 Å². The number of benzene rings is 1. The summed E-state index contributed by atoms with van der Waals surface area (Å²) in [5, 5.41) is 0. The van der Waals surface area contributed by atoms with Crippen molar-refractivity contribution in [2.75, 3.05) is 31.2 Å². The van der Waals surface area contributed by atoms with Gasteiger partial charge in [0, 0.05) is 18.7 Å². The van der Waals surface area contributed by atoms with Crippen LogP contribution < -0.4 is 4.90 Å². The highest BCUT2D eigenvalue weighted by molar-refractivity contribution is 5.77. The van der Waals surface area contributed by atoms with Crippen molar-refractivity contribution in [3.8, 4) is 11.4 Å². The maximum absolute atomic E-state index is 5.38. The standard InChI is InChI=1S/C16H16N4O/c1-2-4-12(5-3-1)15-17-13-6-7-14(18-16(13)19-15)20-8-10-21-11-9-20/h1-7H,8-11H2,(H,17,18,19). The molecular weight excluding hydrogens is 264 g/mol. The Labute approximate surface area is 122 Å². The fourth-order valence-corrected chi connectivity index (χ4v) is 2.58. The first-order chi connectivity index (χ1) is 10.4. The Bertz CT molecular complexity index is 747. The first-order valence-electron chi connectivity index (χ1n) is 7.15. The minimum absolute atomic E-state index is 0.759. The molecule has 0 bridgehead atoms. The number of anilines is 1. The third kappa shape index (κ3) is 2.36. The average Bonchev–Trinajstić information content (AvgIpc) is 2.99. The molecule has 1 fully saturated rings. The van der Waals surface area contributed by atoms with Gasteiger partial charge in [0.2, 0.25) is 0 Å². The van der Waals surface area contributed by atoms with Crippen molar-refractivity contribution in [1.29, 1.82) is 0 Å². The number of nitrogens with one attached hydrogen (secondary N) is 1. The number of fused-ring (bicyclic) bond motifs is 1. The Kier molecular flexibility index (Phi) is 3.05. The zero-order valence-electron chi connectivity index (χ0n) is 11.6. The maximum Gasteiger partial charge on any atom is 0.180 e. The van der Waals surface area contributed by atoms with Crippen LogP contribution in [0.2, 0.25) is 0 Å². The van der Waals surface area contributed by atoms with Crippen LogP contribution in [0.1, 0.15) is 0 Å². The van der Waals surface area contributed by atoms with Crippen LogP contribution in [0.4, 0.5) is 5.82 Å². The fourth-order valence-electron chi connectivity index (χ4n) is 2.58. The van der Waals surface area contributed by atoms with Crippen molar-refractivity contribution in [2.45, 2.75) is 0 Å². The summed E-state index contributed by atoms with van der Waals surface area (Å²) in [6.07, 6.45) is 0. The number of aromatic amines is 1. The van der Waals surface area contributed by atoms with E-state index in [1.807, 2.05) is 42.5 Å². The number of H-pyrrole nitrogens is 1. The zero-order chi connectivity index (χ0) is 14.1. The summed E-state index contributed by atoms with van der Waals surface area (Å²) in [5.41, 5.74) is 2.80. The van der Waals surface area contributed by atoms with Gasteiger partial charge in [-0.25, -0.2) is 9.97 Å². The zero-order valence-corrected chi connectivity index (χ0v) is 11.6. The van der Waals surface area contributed by atoms with Gasteiger partial charge in [0.15, 0.2) is 5.65 Å². The summed E-state index contributed by atoms with van der Waals surface area (Å²) in [5.74, 6) is 1.83. The maximum atomic E-state index is 5.38. The number of nitrogens with zero attached hydrogens (tertiary/aromatic N) is 3. The molecule has 1 saturated heterocycles. The topological polar surface area (TPSA) is 54.0 Å². The molecule has 2 aromatic heterocycles. The number of imidazole rings is 1. The lowest BCUT2D eigenvalue weighted by molar-refractivity contribution is 0.122. The molecule has 5 heteroatoms. The summed E-state index contributed by atoms with van der Waals surface area (Å²) in [4.78, 5) is 14.8. The molecule has 1 aliphatic rings. The molecule has 1 aliphatic heterocycles. The van der Waals surface area contributed by atoms with E-state index < -0.39 is 0 Å². The van der Waals surface area contributed by atoms with Gasteiger partial charge < -0.3 is 14.6 Å². The summed E-state index contributed by atoms with van der Waals surface area (Å²) in [6, 6.07) is 14.2. The van der Waals surface area contributed by atoms with Crippen LogP contribution in [0.25, 0.3) is 22.6 Å². The first kappa shape index (κ1) is 12.3. The molecule has 5 nitrogen and oxygen atoms in total. The van der Waals surface area contributed by atoms with Gasteiger partial charge >= 0.3 is 0 Å². The summed E-state index contributed by atoms with van der Waals surface area (Å²) in [7, 11) is 0. The minimum Gasteiger partial charge on any atom is -0.378 e. The average molecular weight is 280 g/mol. The molecule has 21 heavy (non-hydrogen) atoms. The van der Waals surface area contributed by atoms with Gasteiger partial charge in [0.1, 0.15) is 11.6 Å². The molecule has 3 aromatic rings. The third-order valence-corrected chi connectivity index (χ3v) is 3.71. The van der Waals surface area contributed by atoms with E-state index in [4.69, 9.17) is 4.74 Å². The molecule has 1 aromatic carbocycles. The van der Waals surface area contributed by atoms with E-state index in [1.54, 1.807) is 0 Å². The molecule has 106 valence electrons. The third-order valence-electron chi connectivity index (χ3n) is 3.71. The van der Waals surface area contributed by atoms with Crippen molar-refractivity contribution < 1.29 is 4.74 Å². The molecule has 4 rings (SSSR count). The number of hydrogen-bond donors (Lipinski definition) is 1. The molecule has 0 amide bonds. The summed E-state index contributed by atoms with van der Waals surface area (Å²) in [6.45, 7) is 3.29. The van der Waals surface area contributed by atoms with Crippen LogP contribution in [-0.2, 0) is 4.74 Å². The molecule has 0 atom stereocenters. The summed E-state index contributed by atoms with van der Waals surface area (Å²) >= 11 is 0. The predicted molar refractivity (Wildman–Crippen MR) is 82.4 cm³/mol. The van der Waals surface area contributed by atoms with Gasteiger partial charge in [-0.2, -0.15) is 0 Å². The molecule has 3 heterocycles. The Morgan fingerprint density at radius 3 is 2.57 bits per heavy atom. The number of ether oxygens (including phenoxy) is 1. The molecule has 0 saturated carbocycles. The number of pyridine rings is 1. The normalized spacial score (nSPS) is 15.5. The molecule has 0 radical (unpaired) electrons. The van der Waals surface area contributed by atoms with Gasteiger partial charge in [0.25, 0.3) is 0 Å². The van der Waals surface area contributed by atoms with Crippen LogP contribution in [0.15, 0.2) is 42.5 Å². The Balaban J connectivity index is 1.71. The van der Waals surface area contributed by atoms with Crippen LogP contribution in [0.5, 0.6) is 0 Å². The van der Waals surface area contributed by atoms with Crippen molar-refractivity contribution in [1.82, 2.24) is 15.0 Å². The minimum atomic E-state index is 0.759. The number of rotatable bonds is 2. The Morgan fingerprint density at radius 1 is 0.952 bits per heavy atom. The fraction of sp³-hybridized carbons (Fsp3) is 0.250. The second kappa shape index (κ2) is 5.18. The van der Waals surface area contributed by atoms with E-state index in [9.17, 15) is 0 Å². The van der Waals surface area contributed by atoms with E-state index in [1.165, 1.54) is 0 Å². The van der Waals surface area contributed by atoms with Crippen LogP contribution >= 0.6 is 0 Å². The highest BCUT2D eigenvalue weighted by atomic mass is 16.5. The lowest BCUT2D eigenvalue weighted by Crippen LogP contribution is -2.36. The first-order valence-corrected chi connectivity index (χ1v) is 7.15. The summed E-state index contributed by atoms with van der Waals surface area (Å²) < 4.78 is 5.38. The SMILES string of the molecule is c1ccc(-c2nc3nc(N4CCOCC4)ccc3[nH]2)cc1. The lowest BCUT2D eigenvalue weighted by Gasteiger charge is -2.27. The number of morpholine rings is 1. The number of aromatic nitrogens is 3. The molecule has 0 spiro atoms. The second-order valence-electron chi connectivity index (χ2n) is 5.09. The van der Waals surface area contributed by atoms with Gasteiger partial charge in [-0.1, -0.05) is 30.3 Å². The quantitative estimate of drug-likeness (QED) is 0.783. The Hall–Kier alpha value is -2.40. The molecule has 1 N–H and O–H groups in total. The van der Waals surface area contributed by atoms with Crippen LogP contribution in [0.3, 0.4) is 0 Å². The highest BCUT2D eigenvalue weighted by Gasteiger charge is 2.14.